The number of benzene rings is 1. The second kappa shape index (κ2) is 6.48. The zero-order valence-electron chi connectivity index (χ0n) is 13.1. The summed E-state index contributed by atoms with van der Waals surface area (Å²) in [4.78, 5) is 14.0. The Bertz CT molecular complexity index is 920. The van der Waals surface area contributed by atoms with Crippen molar-refractivity contribution < 1.29 is 14.3 Å². The Labute approximate surface area is 152 Å². The molecule has 25 heavy (non-hydrogen) atoms. The Balaban J connectivity index is 1.58. The second-order valence-corrected chi connectivity index (χ2v) is 7.71. The maximum Gasteiger partial charge on any atom is 0.261 e. The molecule has 0 aliphatic heterocycles. The van der Waals surface area contributed by atoms with E-state index in [0.29, 0.717) is 10.4 Å². The molecule has 1 atom stereocenters. The summed E-state index contributed by atoms with van der Waals surface area (Å²) in [5.74, 6) is -0.195. The average molecular weight is 369 g/mol. The first kappa shape index (κ1) is 16.1. The fourth-order valence-corrected chi connectivity index (χ4v) is 4.56. The van der Waals surface area contributed by atoms with E-state index in [0.717, 1.165) is 15.0 Å². The Morgan fingerprint density at radius 3 is 2.80 bits per heavy atom. The van der Waals surface area contributed by atoms with Crippen molar-refractivity contribution in [2.75, 3.05) is 6.54 Å². The summed E-state index contributed by atoms with van der Waals surface area (Å²) in [6, 6.07) is 15.2. The maximum absolute atomic E-state index is 12.6. The normalized spacial score (nSPS) is 13.6. The minimum Gasteiger partial charge on any atom is -0.472 e. The molecule has 0 bridgehead atoms. The number of rotatable bonds is 5. The van der Waals surface area contributed by atoms with Crippen LogP contribution in [0.1, 0.15) is 20.1 Å². The SMILES string of the molecule is O=C(NCC(O)(c1ccoc1)c1cccs1)c1cc2ccccc2s1. The minimum atomic E-state index is -1.31. The van der Waals surface area contributed by atoms with Crippen molar-refractivity contribution in [2.45, 2.75) is 5.60 Å². The molecule has 126 valence electrons. The second-order valence-electron chi connectivity index (χ2n) is 5.68. The predicted molar refractivity (Wildman–Crippen MR) is 100 cm³/mol. The lowest BCUT2D eigenvalue weighted by atomic mass is 9.94. The molecule has 0 aliphatic rings. The first-order chi connectivity index (χ1) is 12.2. The van der Waals surface area contributed by atoms with Crippen molar-refractivity contribution in [3.63, 3.8) is 0 Å². The van der Waals surface area contributed by atoms with Crippen molar-refractivity contribution in [3.05, 3.63) is 81.8 Å². The standard InChI is InChI=1S/C19H15NO3S2/c21-18(16-10-13-4-1-2-5-15(13)25-16)20-12-19(22,14-7-8-23-11-14)17-6-3-9-24-17/h1-11,22H,12H2,(H,20,21). The van der Waals surface area contributed by atoms with Gasteiger partial charge in [-0.3, -0.25) is 4.79 Å². The highest BCUT2D eigenvalue weighted by Crippen LogP contribution is 2.33. The number of nitrogens with one attached hydrogen (secondary N) is 1. The number of thiophene rings is 2. The number of furan rings is 1. The van der Waals surface area contributed by atoms with E-state index >= 15 is 0 Å². The summed E-state index contributed by atoms with van der Waals surface area (Å²) in [5.41, 5.74) is -0.695. The van der Waals surface area contributed by atoms with Crippen LogP contribution in [-0.2, 0) is 5.60 Å². The largest absolute Gasteiger partial charge is 0.472 e. The highest BCUT2D eigenvalue weighted by Gasteiger charge is 2.34. The molecule has 0 spiro atoms. The topological polar surface area (TPSA) is 62.5 Å². The van der Waals surface area contributed by atoms with Gasteiger partial charge in [0.1, 0.15) is 5.60 Å². The van der Waals surface area contributed by atoms with E-state index in [1.807, 2.05) is 47.8 Å². The molecule has 0 fully saturated rings. The molecule has 0 saturated heterocycles. The van der Waals surface area contributed by atoms with E-state index < -0.39 is 5.60 Å². The molecule has 2 N–H and O–H groups in total. The summed E-state index contributed by atoms with van der Waals surface area (Å²) in [6.07, 6.45) is 3.02. The molecule has 1 aromatic carbocycles. The van der Waals surface area contributed by atoms with Crippen LogP contribution in [0.3, 0.4) is 0 Å². The number of fused-ring (bicyclic) bond motifs is 1. The zero-order valence-corrected chi connectivity index (χ0v) is 14.8. The van der Waals surface area contributed by atoms with Crippen LogP contribution < -0.4 is 5.32 Å². The van der Waals surface area contributed by atoms with E-state index in [1.54, 1.807) is 6.07 Å². The fraction of sp³-hybridized carbons (Fsp3) is 0.105. The Morgan fingerprint density at radius 2 is 2.08 bits per heavy atom. The minimum absolute atomic E-state index is 0.0696. The molecule has 4 aromatic rings. The number of aliphatic hydroxyl groups is 1. The van der Waals surface area contributed by atoms with Crippen molar-refractivity contribution in [1.29, 1.82) is 0 Å². The first-order valence-corrected chi connectivity index (χ1v) is 9.42. The van der Waals surface area contributed by atoms with Crippen LogP contribution in [-0.4, -0.2) is 17.6 Å². The third kappa shape index (κ3) is 3.00. The van der Waals surface area contributed by atoms with Gasteiger partial charge in [0.25, 0.3) is 5.91 Å². The Morgan fingerprint density at radius 1 is 1.20 bits per heavy atom. The number of hydrogen-bond acceptors (Lipinski definition) is 5. The molecular formula is C19H15NO3S2. The van der Waals surface area contributed by atoms with Crippen LogP contribution in [0.15, 0.2) is 70.9 Å². The lowest BCUT2D eigenvalue weighted by Crippen LogP contribution is -2.40. The van der Waals surface area contributed by atoms with Gasteiger partial charge in [-0.1, -0.05) is 24.3 Å². The van der Waals surface area contributed by atoms with Gasteiger partial charge in [0.2, 0.25) is 0 Å². The van der Waals surface area contributed by atoms with Gasteiger partial charge in [0.05, 0.1) is 23.9 Å². The number of amides is 1. The van der Waals surface area contributed by atoms with Gasteiger partial charge in [0.15, 0.2) is 0 Å². The predicted octanol–water partition coefficient (Wildman–Crippen LogP) is 4.22. The molecular weight excluding hydrogens is 354 g/mol. The average Bonchev–Trinajstić information content (AvgIpc) is 3.40. The summed E-state index contributed by atoms with van der Waals surface area (Å²) in [5, 5.41) is 17.0. The van der Waals surface area contributed by atoms with Gasteiger partial charge in [-0.25, -0.2) is 0 Å². The van der Waals surface area contributed by atoms with Crippen LogP contribution >= 0.6 is 22.7 Å². The van der Waals surface area contributed by atoms with Crippen molar-refractivity contribution in [3.8, 4) is 0 Å². The van der Waals surface area contributed by atoms with Gasteiger partial charge in [-0.15, -0.1) is 22.7 Å². The van der Waals surface area contributed by atoms with E-state index in [9.17, 15) is 9.90 Å². The van der Waals surface area contributed by atoms with Crippen molar-refractivity contribution >= 4 is 38.7 Å². The number of hydrogen-bond donors (Lipinski definition) is 2. The highest BCUT2D eigenvalue weighted by molar-refractivity contribution is 7.20. The molecule has 3 aromatic heterocycles. The fourth-order valence-electron chi connectivity index (χ4n) is 2.73. The third-order valence-corrected chi connectivity index (χ3v) is 6.22. The zero-order chi connectivity index (χ0) is 17.3. The van der Waals surface area contributed by atoms with E-state index in [2.05, 4.69) is 5.32 Å². The molecule has 1 unspecified atom stereocenters. The van der Waals surface area contributed by atoms with Gasteiger partial charge in [-0.05, 0) is 35.0 Å². The summed E-state index contributed by atoms with van der Waals surface area (Å²) in [6.45, 7) is 0.0696. The quantitative estimate of drug-likeness (QED) is 0.554. The van der Waals surface area contributed by atoms with Gasteiger partial charge in [-0.2, -0.15) is 0 Å². The Hall–Kier alpha value is -2.41. The van der Waals surface area contributed by atoms with Gasteiger partial charge in [0, 0.05) is 15.1 Å². The molecule has 0 saturated carbocycles. The lowest BCUT2D eigenvalue weighted by Gasteiger charge is -2.26. The molecule has 4 nitrogen and oxygen atoms in total. The Kier molecular flexibility index (Phi) is 4.17. The van der Waals surface area contributed by atoms with E-state index in [1.165, 1.54) is 35.2 Å². The molecule has 3 heterocycles. The van der Waals surface area contributed by atoms with Crippen LogP contribution in [0.5, 0.6) is 0 Å². The smallest absolute Gasteiger partial charge is 0.261 e. The van der Waals surface area contributed by atoms with Crippen LogP contribution in [0.2, 0.25) is 0 Å². The molecule has 0 radical (unpaired) electrons. The van der Waals surface area contributed by atoms with Crippen molar-refractivity contribution in [1.82, 2.24) is 5.32 Å². The summed E-state index contributed by atoms with van der Waals surface area (Å²) < 4.78 is 6.19. The van der Waals surface area contributed by atoms with Gasteiger partial charge >= 0.3 is 0 Å². The third-order valence-electron chi connectivity index (χ3n) is 4.08. The van der Waals surface area contributed by atoms with Crippen LogP contribution in [0.25, 0.3) is 10.1 Å². The first-order valence-electron chi connectivity index (χ1n) is 7.73. The van der Waals surface area contributed by atoms with Crippen LogP contribution in [0, 0.1) is 0 Å². The maximum atomic E-state index is 12.6. The van der Waals surface area contributed by atoms with Crippen LogP contribution in [0.4, 0.5) is 0 Å². The molecule has 1 amide bonds. The lowest BCUT2D eigenvalue weighted by molar-refractivity contribution is 0.0716. The number of carbonyl (C=O) groups is 1. The monoisotopic (exact) mass is 369 g/mol. The molecule has 6 heteroatoms. The van der Waals surface area contributed by atoms with E-state index in [-0.39, 0.29) is 12.5 Å². The van der Waals surface area contributed by atoms with Gasteiger partial charge < -0.3 is 14.8 Å². The summed E-state index contributed by atoms with van der Waals surface area (Å²) >= 11 is 2.88. The highest BCUT2D eigenvalue weighted by atomic mass is 32.1. The molecule has 4 rings (SSSR count). The molecule has 0 aliphatic carbocycles. The summed E-state index contributed by atoms with van der Waals surface area (Å²) in [7, 11) is 0. The van der Waals surface area contributed by atoms with E-state index in [4.69, 9.17) is 4.42 Å². The van der Waals surface area contributed by atoms with Crippen molar-refractivity contribution in [2.24, 2.45) is 0 Å². The number of carbonyl (C=O) groups excluding carboxylic acids is 1.